The third-order valence-electron chi connectivity index (χ3n) is 11.0. The van der Waals surface area contributed by atoms with Crippen LogP contribution >= 0.6 is 11.3 Å². The summed E-state index contributed by atoms with van der Waals surface area (Å²) in [6.07, 6.45) is 0. The quantitative estimate of drug-likeness (QED) is 0.166. The second kappa shape index (κ2) is 12.9. The van der Waals surface area contributed by atoms with Gasteiger partial charge >= 0.3 is 0 Å². The Morgan fingerprint density at radius 2 is 1.00 bits per heavy atom. The van der Waals surface area contributed by atoms with Crippen LogP contribution in [0.25, 0.3) is 80.7 Å². The Bertz CT molecular complexity index is 3200. The number of anilines is 3. The summed E-state index contributed by atoms with van der Waals surface area (Å²) in [6.45, 7) is 0. The van der Waals surface area contributed by atoms with Crippen molar-refractivity contribution in [3.63, 3.8) is 0 Å². The van der Waals surface area contributed by atoms with Crippen LogP contribution in [0.15, 0.2) is 206 Å². The summed E-state index contributed by atoms with van der Waals surface area (Å²) in [5.74, 6) is 0. The number of hydrogen-bond donors (Lipinski definition) is 0. The summed E-state index contributed by atoms with van der Waals surface area (Å²) in [5, 5.41) is 7.57. The lowest BCUT2D eigenvalue weighted by Crippen LogP contribution is -2.11. The Morgan fingerprint density at radius 3 is 1.89 bits per heavy atom. The van der Waals surface area contributed by atoms with Crippen molar-refractivity contribution in [1.29, 1.82) is 0 Å². The average molecular weight is 719 g/mol. The van der Waals surface area contributed by atoms with Crippen molar-refractivity contribution in [1.82, 2.24) is 4.57 Å². The van der Waals surface area contributed by atoms with Crippen LogP contribution in [-0.4, -0.2) is 4.57 Å². The predicted molar refractivity (Wildman–Crippen MR) is 237 cm³/mol. The highest BCUT2D eigenvalue weighted by Gasteiger charge is 2.20. The predicted octanol–water partition coefficient (Wildman–Crippen LogP) is 15.1. The Balaban J connectivity index is 1.07. The normalized spacial score (nSPS) is 11.6. The summed E-state index contributed by atoms with van der Waals surface area (Å²) in [5.41, 5.74) is 11.8. The molecule has 258 valence electrons. The van der Waals surface area contributed by atoms with Crippen LogP contribution in [0, 0.1) is 0 Å². The topological polar surface area (TPSA) is 8.17 Å². The van der Waals surface area contributed by atoms with Gasteiger partial charge in [-0.15, -0.1) is 11.3 Å². The van der Waals surface area contributed by atoms with Crippen molar-refractivity contribution >= 4 is 81.1 Å². The minimum Gasteiger partial charge on any atom is -0.310 e. The number of aromatic nitrogens is 1. The molecule has 0 N–H and O–H groups in total. The highest BCUT2D eigenvalue weighted by atomic mass is 32.1. The Kier molecular flexibility index (Phi) is 7.39. The second-order valence-electron chi connectivity index (χ2n) is 14.1. The van der Waals surface area contributed by atoms with E-state index in [1.165, 1.54) is 80.7 Å². The second-order valence-corrected chi connectivity index (χ2v) is 15.2. The summed E-state index contributed by atoms with van der Waals surface area (Å²) in [7, 11) is 0. The van der Waals surface area contributed by atoms with E-state index >= 15 is 0 Å². The maximum Gasteiger partial charge on any atom is 0.0541 e. The molecule has 0 spiro atoms. The number of rotatable bonds is 6. The number of thiophene rings is 1. The van der Waals surface area contributed by atoms with Crippen LogP contribution in [0.5, 0.6) is 0 Å². The lowest BCUT2D eigenvalue weighted by atomic mass is 9.96. The van der Waals surface area contributed by atoms with E-state index < -0.39 is 0 Å². The lowest BCUT2D eigenvalue weighted by molar-refractivity contribution is 1.18. The van der Waals surface area contributed by atoms with Gasteiger partial charge in [0.15, 0.2) is 0 Å². The lowest BCUT2D eigenvalue weighted by Gasteiger charge is -2.28. The molecule has 0 saturated carbocycles. The van der Waals surface area contributed by atoms with Crippen molar-refractivity contribution in [3.8, 4) is 27.9 Å². The third-order valence-corrected chi connectivity index (χ3v) is 12.1. The number of hydrogen-bond acceptors (Lipinski definition) is 2. The highest BCUT2D eigenvalue weighted by molar-refractivity contribution is 7.25. The van der Waals surface area contributed by atoms with Gasteiger partial charge in [-0.3, -0.25) is 0 Å². The molecule has 11 rings (SSSR count). The first-order valence-electron chi connectivity index (χ1n) is 18.8. The molecule has 11 aromatic rings. The minimum absolute atomic E-state index is 1.11. The molecule has 2 aromatic heterocycles. The zero-order valence-corrected chi connectivity index (χ0v) is 30.7. The fourth-order valence-electron chi connectivity index (χ4n) is 8.45. The maximum absolute atomic E-state index is 2.43. The van der Waals surface area contributed by atoms with Gasteiger partial charge in [-0.2, -0.15) is 0 Å². The van der Waals surface area contributed by atoms with E-state index in [1.54, 1.807) is 0 Å². The zero-order chi connectivity index (χ0) is 36.3. The molecule has 0 aliphatic heterocycles. The van der Waals surface area contributed by atoms with E-state index in [0.29, 0.717) is 0 Å². The fourth-order valence-corrected chi connectivity index (χ4v) is 9.53. The molecule has 0 unspecified atom stereocenters. The number of para-hydroxylation sites is 3. The van der Waals surface area contributed by atoms with Gasteiger partial charge in [0.05, 0.1) is 16.7 Å². The zero-order valence-electron chi connectivity index (χ0n) is 29.9. The van der Waals surface area contributed by atoms with Crippen molar-refractivity contribution in [2.24, 2.45) is 0 Å². The van der Waals surface area contributed by atoms with Crippen LogP contribution in [0.2, 0.25) is 0 Å². The molecule has 0 bridgehead atoms. The Morgan fingerprint density at radius 1 is 0.364 bits per heavy atom. The van der Waals surface area contributed by atoms with Gasteiger partial charge in [-0.1, -0.05) is 133 Å². The largest absolute Gasteiger partial charge is 0.310 e. The molecule has 2 heterocycles. The first-order chi connectivity index (χ1) is 27.3. The van der Waals surface area contributed by atoms with Crippen LogP contribution < -0.4 is 4.90 Å². The molecule has 2 nitrogen and oxygen atoms in total. The van der Waals surface area contributed by atoms with Gasteiger partial charge < -0.3 is 9.47 Å². The monoisotopic (exact) mass is 718 g/mol. The molecular weight excluding hydrogens is 685 g/mol. The Labute approximate surface area is 323 Å². The Hall–Kier alpha value is -6.94. The van der Waals surface area contributed by atoms with Gasteiger partial charge in [-0.25, -0.2) is 0 Å². The first kappa shape index (κ1) is 31.6. The fraction of sp³-hybridized carbons (Fsp3) is 0. The SMILES string of the molecule is c1ccc(-n2c3ccccc3c3cc(-c4ccc(N(c5ccc6sc7ccccc7c6c5)c5ccccc5-c5cccc6ccccc56)cc4)ccc32)cc1. The molecular formula is C52H34N2S. The molecule has 0 fully saturated rings. The van der Waals surface area contributed by atoms with Gasteiger partial charge in [0.25, 0.3) is 0 Å². The molecule has 0 aliphatic carbocycles. The van der Waals surface area contributed by atoms with E-state index in [-0.39, 0.29) is 0 Å². The molecule has 0 radical (unpaired) electrons. The average Bonchev–Trinajstić information content (AvgIpc) is 3.79. The van der Waals surface area contributed by atoms with E-state index in [9.17, 15) is 0 Å². The van der Waals surface area contributed by atoms with Crippen molar-refractivity contribution in [2.45, 2.75) is 0 Å². The smallest absolute Gasteiger partial charge is 0.0541 e. The number of benzene rings is 9. The maximum atomic E-state index is 2.43. The number of nitrogens with zero attached hydrogens (tertiary/aromatic N) is 2. The molecule has 0 saturated heterocycles. The van der Waals surface area contributed by atoms with Crippen LogP contribution in [-0.2, 0) is 0 Å². The summed E-state index contributed by atoms with van der Waals surface area (Å²) >= 11 is 1.86. The summed E-state index contributed by atoms with van der Waals surface area (Å²) in [4.78, 5) is 2.43. The van der Waals surface area contributed by atoms with E-state index in [2.05, 4.69) is 216 Å². The van der Waals surface area contributed by atoms with Gasteiger partial charge in [0.1, 0.15) is 0 Å². The van der Waals surface area contributed by atoms with E-state index in [0.717, 1.165) is 17.1 Å². The van der Waals surface area contributed by atoms with Crippen LogP contribution in [0.4, 0.5) is 17.1 Å². The van der Waals surface area contributed by atoms with Gasteiger partial charge in [0.2, 0.25) is 0 Å². The molecule has 0 aliphatic rings. The van der Waals surface area contributed by atoms with E-state index in [1.807, 2.05) is 11.3 Å². The third kappa shape index (κ3) is 5.24. The first-order valence-corrected chi connectivity index (χ1v) is 19.6. The van der Waals surface area contributed by atoms with Crippen molar-refractivity contribution < 1.29 is 0 Å². The van der Waals surface area contributed by atoms with Crippen LogP contribution in [0.1, 0.15) is 0 Å². The van der Waals surface area contributed by atoms with Gasteiger partial charge in [0, 0.05) is 53.6 Å². The molecule has 55 heavy (non-hydrogen) atoms. The summed E-state index contributed by atoms with van der Waals surface area (Å²) in [6, 6.07) is 75.2. The standard InChI is InChI=1S/C52H34N2S/c1-2-15-38(16-3-1)54-49-23-10-7-19-44(49)46-33-37(27-31-50(46)54)35-25-28-39(29-26-35)53(40-30-32-52-47(34-40)45-20-8-11-24-51(45)55-52)48-22-9-6-18-43(48)42-21-12-14-36-13-4-5-17-41(36)42/h1-34H. The summed E-state index contributed by atoms with van der Waals surface area (Å²) < 4.78 is 4.98. The molecule has 0 amide bonds. The molecule has 0 atom stereocenters. The van der Waals surface area contributed by atoms with Gasteiger partial charge in [-0.05, 0) is 100 Å². The van der Waals surface area contributed by atoms with Crippen LogP contribution in [0.3, 0.4) is 0 Å². The highest BCUT2D eigenvalue weighted by Crippen LogP contribution is 2.45. The minimum atomic E-state index is 1.11. The van der Waals surface area contributed by atoms with Crippen molar-refractivity contribution in [2.75, 3.05) is 4.90 Å². The molecule has 9 aromatic carbocycles. The van der Waals surface area contributed by atoms with Crippen molar-refractivity contribution in [3.05, 3.63) is 206 Å². The number of fused-ring (bicyclic) bond motifs is 7. The van der Waals surface area contributed by atoms with E-state index in [4.69, 9.17) is 0 Å². The molecule has 3 heteroatoms.